The van der Waals surface area contributed by atoms with Gasteiger partial charge in [0.1, 0.15) is 11.9 Å². The predicted molar refractivity (Wildman–Crippen MR) is 152 cm³/mol. The molecule has 0 saturated heterocycles. The Morgan fingerprint density at radius 3 is 2.10 bits per heavy atom. The van der Waals surface area contributed by atoms with Crippen LogP contribution in [0.1, 0.15) is 36.1 Å². The number of nitrogens with zero attached hydrogens (tertiary/aromatic N) is 2. The van der Waals surface area contributed by atoms with Crippen molar-refractivity contribution in [1.29, 1.82) is 0 Å². The predicted octanol–water partition coefficient (Wildman–Crippen LogP) is 3.90. The second-order valence-electron chi connectivity index (χ2n) is 9.32. The number of amides is 2. The molecule has 0 heterocycles. The van der Waals surface area contributed by atoms with Crippen LogP contribution < -0.4 is 5.32 Å². The lowest BCUT2D eigenvalue weighted by molar-refractivity contribution is -0.141. The molecule has 0 aliphatic heterocycles. The van der Waals surface area contributed by atoms with Crippen LogP contribution in [0, 0.1) is 5.82 Å². The van der Waals surface area contributed by atoms with Gasteiger partial charge in [0.05, 0.1) is 12.8 Å². The quantitative estimate of drug-likeness (QED) is 0.280. The van der Waals surface area contributed by atoms with Gasteiger partial charge in [-0.05, 0) is 42.2 Å². The van der Waals surface area contributed by atoms with Crippen molar-refractivity contribution < 1.29 is 27.1 Å². The van der Waals surface area contributed by atoms with E-state index >= 15 is 0 Å². The molecule has 3 aromatic rings. The molecule has 0 bridgehead atoms. The first-order chi connectivity index (χ1) is 19.2. The Hall–Kier alpha value is -3.60. The summed E-state index contributed by atoms with van der Waals surface area (Å²) in [4.78, 5) is 28.9. The van der Waals surface area contributed by atoms with Crippen molar-refractivity contribution in [3.8, 4) is 0 Å². The summed E-state index contributed by atoms with van der Waals surface area (Å²) in [6, 6.07) is 22.4. The minimum Gasteiger partial charge on any atom is -0.382 e. The minimum atomic E-state index is -3.78. The Morgan fingerprint density at radius 2 is 1.50 bits per heavy atom. The maximum atomic E-state index is 13.9. The first kappa shape index (κ1) is 30.9. The first-order valence-corrected chi connectivity index (χ1v) is 15.0. The van der Waals surface area contributed by atoms with Gasteiger partial charge in [-0.3, -0.25) is 9.59 Å². The molecule has 10 heteroatoms. The monoisotopic (exact) mass is 569 g/mol. The molecule has 1 unspecified atom stereocenters. The number of benzene rings is 3. The van der Waals surface area contributed by atoms with Crippen LogP contribution in [0.25, 0.3) is 0 Å². The van der Waals surface area contributed by atoms with Crippen LogP contribution in [0.15, 0.2) is 84.9 Å². The van der Waals surface area contributed by atoms with Crippen molar-refractivity contribution in [2.45, 2.75) is 32.5 Å². The fraction of sp³-hybridized carbons (Fsp3) is 0.333. The van der Waals surface area contributed by atoms with E-state index < -0.39 is 40.2 Å². The molecule has 3 aromatic carbocycles. The maximum Gasteiger partial charge on any atom is 0.247 e. The molecular formula is C30H36FN3O5S. The summed E-state index contributed by atoms with van der Waals surface area (Å²) in [6.45, 7) is 2.76. The first-order valence-electron chi connectivity index (χ1n) is 13.1. The van der Waals surface area contributed by atoms with Gasteiger partial charge in [-0.1, -0.05) is 72.8 Å². The average Bonchev–Trinajstić information content (AvgIpc) is 2.94. The molecule has 0 spiro atoms. The SMILES string of the molecule is CCOCCCNC(=O)C(c1ccccc1)N(Cc1ccc(F)cc1)C(=O)CN(Cc1ccccc1)S(C)(=O)=O. The molecule has 0 aliphatic carbocycles. The number of carbonyl (C=O) groups excluding carboxylic acids is 2. The molecule has 1 N–H and O–H groups in total. The normalized spacial score (nSPS) is 12.2. The molecule has 40 heavy (non-hydrogen) atoms. The van der Waals surface area contributed by atoms with E-state index in [1.165, 1.54) is 29.2 Å². The minimum absolute atomic E-state index is 0.00453. The van der Waals surface area contributed by atoms with Gasteiger partial charge in [0.25, 0.3) is 0 Å². The van der Waals surface area contributed by atoms with Crippen LogP contribution in [0.5, 0.6) is 0 Å². The van der Waals surface area contributed by atoms with Gasteiger partial charge < -0.3 is 15.0 Å². The molecule has 1 atom stereocenters. The lowest BCUT2D eigenvalue weighted by atomic mass is 10.0. The Kier molecular flexibility index (Phi) is 11.8. The van der Waals surface area contributed by atoms with Gasteiger partial charge in [-0.15, -0.1) is 0 Å². The number of hydrogen-bond acceptors (Lipinski definition) is 5. The molecule has 0 aromatic heterocycles. The highest BCUT2D eigenvalue weighted by molar-refractivity contribution is 7.88. The van der Waals surface area contributed by atoms with Crippen LogP contribution in [0.3, 0.4) is 0 Å². The van der Waals surface area contributed by atoms with E-state index in [9.17, 15) is 22.4 Å². The van der Waals surface area contributed by atoms with Crippen LogP contribution >= 0.6 is 0 Å². The zero-order chi connectivity index (χ0) is 29.0. The van der Waals surface area contributed by atoms with Crippen LogP contribution in [-0.4, -0.2) is 62.0 Å². The summed E-state index contributed by atoms with van der Waals surface area (Å²) in [5.74, 6) is -1.41. The number of rotatable bonds is 15. The highest BCUT2D eigenvalue weighted by Crippen LogP contribution is 2.25. The number of ether oxygens (including phenoxy) is 1. The third kappa shape index (κ3) is 9.55. The molecule has 8 nitrogen and oxygen atoms in total. The van der Waals surface area contributed by atoms with E-state index in [0.29, 0.717) is 37.3 Å². The topological polar surface area (TPSA) is 96.0 Å². The third-order valence-corrected chi connectivity index (χ3v) is 7.41. The van der Waals surface area contributed by atoms with E-state index in [1.807, 2.05) is 13.0 Å². The van der Waals surface area contributed by atoms with E-state index in [-0.39, 0.29) is 13.1 Å². The number of nitrogens with one attached hydrogen (secondary N) is 1. The zero-order valence-corrected chi connectivity index (χ0v) is 23.6. The van der Waals surface area contributed by atoms with Crippen molar-refractivity contribution >= 4 is 21.8 Å². The van der Waals surface area contributed by atoms with Crippen molar-refractivity contribution in [3.05, 3.63) is 107 Å². The molecule has 2 amide bonds. The van der Waals surface area contributed by atoms with Crippen LogP contribution in [0.4, 0.5) is 4.39 Å². The van der Waals surface area contributed by atoms with E-state index in [1.54, 1.807) is 54.6 Å². The summed E-state index contributed by atoms with van der Waals surface area (Å²) in [6.07, 6.45) is 1.64. The van der Waals surface area contributed by atoms with Crippen LogP contribution in [-0.2, 0) is 37.4 Å². The fourth-order valence-corrected chi connectivity index (χ4v) is 4.89. The third-order valence-electron chi connectivity index (χ3n) is 6.21. The Balaban J connectivity index is 1.96. The van der Waals surface area contributed by atoms with E-state index in [2.05, 4.69) is 5.32 Å². The summed E-state index contributed by atoms with van der Waals surface area (Å²) in [5.41, 5.74) is 1.88. The molecule has 0 saturated carbocycles. The molecule has 0 radical (unpaired) electrons. The van der Waals surface area contributed by atoms with Crippen molar-refractivity contribution in [1.82, 2.24) is 14.5 Å². The lowest BCUT2D eigenvalue weighted by Crippen LogP contribution is -2.48. The Bertz CT molecular complexity index is 1320. The zero-order valence-electron chi connectivity index (χ0n) is 22.8. The molecule has 214 valence electrons. The second kappa shape index (κ2) is 15.3. The maximum absolute atomic E-state index is 13.9. The number of sulfonamides is 1. The number of hydrogen-bond donors (Lipinski definition) is 1. The highest BCUT2D eigenvalue weighted by Gasteiger charge is 2.33. The van der Waals surface area contributed by atoms with Gasteiger partial charge in [0.2, 0.25) is 21.8 Å². The lowest BCUT2D eigenvalue weighted by Gasteiger charge is -2.33. The van der Waals surface area contributed by atoms with Gasteiger partial charge in [-0.2, -0.15) is 4.31 Å². The summed E-state index contributed by atoms with van der Waals surface area (Å²) < 4.78 is 45.5. The summed E-state index contributed by atoms with van der Waals surface area (Å²) in [7, 11) is -3.78. The highest BCUT2D eigenvalue weighted by atomic mass is 32.2. The average molecular weight is 570 g/mol. The van der Waals surface area contributed by atoms with Crippen molar-refractivity contribution in [3.63, 3.8) is 0 Å². The standard InChI is InChI=1S/C30H36FN3O5S/c1-3-39-20-10-19-32-30(36)29(26-13-8-5-9-14-26)34(22-25-15-17-27(31)18-16-25)28(35)23-33(40(2,37)38)21-24-11-6-4-7-12-24/h4-9,11-18,29H,3,10,19-23H2,1-2H3,(H,32,36). The van der Waals surface area contributed by atoms with Crippen molar-refractivity contribution in [2.75, 3.05) is 32.6 Å². The fourth-order valence-electron chi connectivity index (χ4n) is 4.16. The Morgan fingerprint density at radius 1 is 0.900 bits per heavy atom. The molecular weight excluding hydrogens is 533 g/mol. The summed E-state index contributed by atoms with van der Waals surface area (Å²) in [5, 5.41) is 2.89. The second-order valence-corrected chi connectivity index (χ2v) is 11.3. The van der Waals surface area contributed by atoms with Gasteiger partial charge in [0, 0.05) is 32.8 Å². The largest absolute Gasteiger partial charge is 0.382 e. The van der Waals surface area contributed by atoms with Crippen LogP contribution in [0.2, 0.25) is 0 Å². The van der Waals surface area contributed by atoms with Crippen molar-refractivity contribution in [2.24, 2.45) is 0 Å². The Labute approximate surface area is 235 Å². The molecule has 3 rings (SSSR count). The smallest absolute Gasteiger partial charge is 0.247 e. The number of halogens is 1. The van der Waals surface area contributed by atoms with Gasteiger partial charge in [-0.25, -0.2) is 12.8 Å². The molecule has 0 fully saturated rings. The summed E-state index contributed by atoms with van der Waals surface area (Å²) >= 11 is 0. The van der Waals surface area contributed by atoms with E-state index in [0.717, 1.165) is 16.1 Å². The van der Waals surface area contributed by atoms with E-state index in [4.69, 9.17) is 4.74 Å². The number of carbonyl (C=O) groups is 2. The van der Waals surface area contributed by atoms with Gasteiger partial charge >= 0.3 is 0 Å². The van der Waals surface area contributed by atoms with Gasteiger partial charge in [0.15, 0.2) is 0 Å². The molecule has 0 aliphatic rings.